The number of nitrogens with one attached hydrogen (secondary N) is 1. The lowest BCUT2D eigenvalue weighted by Crippen LogP contribution is -1.99. The van der Waals surface area contributed by atoms with E-state index in [0.717, 1.165) is 19.3 Å². The molecule has 0 unspecified atom stereocenters. The fourth-order valence-corrected chi connectivity index (χ4v) is 2.48. The van der Waals surface area contributed by atoms with Crippen LogP contribution in [0.4, 0.5) is 4.39 Å². The number of rotatable bonds is 7. The summed E-state index contributed by atoms with van der Waals surface area (Å²) in [5.74, 6) is 0.548. The Morgan fingerprint density at radius 2 is 2.17 bits per heavy atom. The number of allylic oxidation sites excluding steroid dienone is 2. The molecule has 0 saturated heterocycles. The van der Waals surface area contributed by atoms with Crippen molar-refractivity contribution >= 4 is 18.4 Å². The summed E-state index contributed by atoms with van der Waals surface area (Å²) >= 11 is 5.19. The van der Waals surface area contributed by atoms with Gasteiger partial charge in [0.1, 0.15) is 5.82 Å². The van der Waals surface area contributed by atoms with Crippen LogP contribution in [0.15, 0.2) is 41.0 Å². The van der Waals surface area contributed by atoms with Crippen molar-refractivity contribution in [1.82, 2.24) is 14.9 Å². The van der Waals surface area contributed by atoms with Crippen LogP contribution in [0.25, 0.3) is 11.4 Å². The van der Waals surface area contributed by atoms with Gasteiger partial charge in [0.15, 0.2) is 5.82 Å². The number of H-pyrrole nitrogens is 1. The molecule has 0 bridgehead atoms. The van der Waals surface area contributed by atoms with E-state index in [0.29, 0.717) is 22.1 Å². The van der Waals surface area contributed by atoms with Crippen LogP contribution in [0.3, 0.4) is 0 Å². The van der Waals surface area contributed by atoms with Crippen LogP contribution in [0.5, 0.6) is 0 Å². The van der Waals surface area contributed by atoms with Crippen LogP contribution in [-0.4, -0.2) is 21.1 Å². The van der Waals surface area contributed by atoms with Gasteiger partial charge in [-0.3, -0.25) is 0 Å². The monoisotopic (exact) mass is 346 g/mol. The molecule has 1 atom stereocenters. The Hall–Kier alpha value is -2.08. The van der Waals surface area contributed by atoms with Gasteiger partial charge in [0, 0.05) is 6.21 Å². The second-order valence-electron chi connectivity index (χ2n) is 6.14. The van der Waals surface area contributed by atoms with E-state index in [1.54, 1.807) is 18.2 Å². The average Bonchev–Trinajstić information content (AvgIpc) is 2.88. The maximum Gasteiger partial charge on any atom is 0.216 e. The van der Waals surface area contributed by atoms with Gasteiger partial charge in [-0.05, 0) is 63.4 Å². The molecule has 0 radical (unpaired) electrons. The van der Waals surface area contributed by atoms with Gasteiger partial charge in [-0.15, -0.1) is 0 Å². The van der Waals surface area contributed by atoms with Crippen molar-refractivity contribution < 1.29 is 4.39 Å². The molecule has 1 N–H and O–H groups in total. The van der Waals surface area contributed by atoms with Gasteiger partial charge < -0.3 is 0 Å². The summed E-state index contributed by atoms with van der Waals surface area (Å²) in [4.78, 5) is 0. The Morgan fingerprint density at radius 1 is 1.42 bits per heavy atom. The number of benzene rings is 1. The van der Waals surface area contributed by atoms with E-state index in [2.05, 4.69) is 42.1 Å². The topological polar surface area (TPSA) is 46.0 Å². The number of aromatic nitrogens is 3. The van der Waals surface area contributed by atoms with Gasteiger partial charge in [0.25, 0.3) is 0 Å². The molecular formula is C18H23FN4S. The van der Waals surface area contributed by atoms with Gasteiger partial charge in [-0.25, -0.2) is 9.49 Å². The predicted molar refractivity (Wildman–Crippen MR) is 99.1 cm³/mol. The number of aromatic amines is 1. The minimum Gasteiger partial charge on any atom is -0.250 e. The molecule has 24 heavy (non-hydrogen) atoms. The average molecular weight is 346 g/mol. The number of halogens is 1. The molecule has 1 aromatic heterocycles. The van der Waals surface area contributed by atoms with E-state index in [1.165, 1.54) is 16.3 Å². The smallest absolute Gasteiger partial charge is 0.216 e. The Labute approximate surface area is 147 Å². The van der Waals surface area contributed by atoms with E-state index >= 15 is 0 Å². The fourth-order valence-electron chi connectivity index (χ4n) is 2.30. The first-order valence-corrected chi connectivity index (χ1v) is 8.48. The minimum atomic E-state index is -0.349. The van der Waals surface area contributed by atoms with Crippen LogP contribution >= 0.6 is 12.2 Å². The van der Waals surface area contributed by atoms with Crippen molar-refractivity contribution in [3.63, 3.8) is 0 Å². The lowest BCUT2D eigenvalue weighted by molar-refractivity contribution is 0.561. The summed E-state index contributed by atoms with van der Waals surface area (Å²) < 4.78 is 15.8. The first-order chi connectivity index (χ1) is 11.5. The molecule has 0 amide bonds. The number of nitrogens with zero attached hydrogens (tertiary/aromatic N) is 3. The minimum absolute atomic E-state index is 0.349. The van der Waals surface area contributed by atoms with Crippen LogP contribution in [0.2, 0.25) is 0 Å². The van der Waals surface area contributed by atoms with Gasteiger partial charge in [0.05, 0.1) is 5.56 Å². The van der Waals surface area contributed by atoms with Gasteiger partial charge in [-0.2, -0.15) is 14.9 Å². The molecule has 0 saturated carbocycles. The molecule has 1 heterocycles. The molecule has 2 rings (SSSR count). The molecule has 0 fully saturated rings. The van der Waals surface area contributed by atoms with E-state index in [1.807, 2.05) is 6.21 Å². The summed E-state index contributed by atoms with van der Waals surface area (Å²) in [5.41, 5.74) is 1.72. The van der Waals surface area contributed by atoms with Crippen molar-refractivity contribution in [3.05, 3.63) is 46.5 Å². The standard InChI is InChI=1S/C18H23FN4S/c1-13(2)7-6-8-14(3)11-12-20-23-17(21-22-18(23)24)15-9-4-5-10-16(15)19/h4-5,7,9-10,12,14H,6,8,11H2,1-3H3,(H,22,24)/b20-12-/t14-/m0/s1. The first-order valence-electron chi connectivity index (χ1n) is 8.07. The Bertz CT molecular complexity index is 784. The quantitative estimate of drug-likeness (QED) is 0.417. The molecule has 0 spiro atoms. The highest BCUT2D eigenvalue weighted by Crippen LogP contribution is 2.20. The van der Waals surface area contributed by atoms with Crippen molar-refractivity contribution in [3.8, 4) is 11.4 Å². The Kier molecular flexibility index (Phi) is 6.61. The zero-order chi connectivity index (χ0) is 17.5. The second kappa shape index (κ2) is 8.68. The Morgan fingerprint density at radius 3 is 2.88 bits per heavy atom. The van der Waals surface area contributed by atoms with Crippen molar-refractivity contribution in [2.24, 2.45) is 11.0 Å². The second-order valence-corrected chi connectivity index (χ2v) is 6.53. The third-order valence-corrected chi connectivity index (χ3v) is 3.95. The van der Waals surface area contributed by atoms with Crippen LogP contribution < -0.4 is 0 Å². The SMILES string of the molecule is CC(C)=CCC[C@H](C)C/C=N\n1c(-c2ccccc2F)n[nH]c1=S. The highest BCUT2D eigenvalue weighted by molar-refractivity contribution is 7.71. The molecule has 0 aliphatic carbocycles. The van der Waals surface area contributed by atoms with E-state index < -0.39 is 0 Å². The summed E-state index contributed by atoms with van der Waals surface area (Å²) in [7, 11) is 0. The lowest BCUT2D eigenvalue weighted by Gasteiger charge is -2.06. The first kappa shape index (κ1) is 18.3. The highest BCUT2D eigenvalue weighted by atomic mass is 32.1. The molecule has 6 heteroatoms. The van der Waals surface area contributed by atoms with Gasteiger partial charge in [-0.1, -0.05) is 30.7 Å². The van der Waals surface area contributed by atoms with E-state index in [4.69, 9.17) is 12.2 Å². The van der Waals surface area contributed by atoms with Crippen molar-refractivity contribution in [1.29, 1.82) is 0 Å². The van der Waals surface area contributed by atoms with Crippen LogP contribution in [-0.2, 0) is 0 Å². The summed E-state index contributed by atoms with van der Waals surface area (Å²) in [6.07, 6.45) is 7.08. The predicted octanol–water partition coefficient (Wildman–Crippen LogP) is 5.35. The van der Waals surface area contributed by atoms with Crippen molar-refractivity contribution in [2.75, 3.05) is 0 Å². The lowest BCUT2D eigenvalue weighted by atomic mass is 10.0. The Balaban J connectivity index is 2.08. The van der Waals surface area contributed by atoms with Crippen LogP contribution in [0.1, 0.15) is 40.0 Å². The third-order valence-electron chi connectivity index (χ3n) is 3.68. The zero-order valence-electron chi connectivity index (χ0n) is 14.3. The zero-order valence-corrected chi connectivity index (χ0v) is 15.1. The number of hydrogen-bond donors (Lipinski definition) is 1. The molecule has 128 valence electrons. The molecule has 4 nitrogen and oxygen atoms in total. The maximum absolute atomic E-state index is 14.0. The summed E-state index contributed by atoms with van der Waals surface area (Å²) in [6.45, 7) is 6.41. The van der Waals surface area contributed by atoms with E-state index in [-0.39, 0.29) is 5.82 Å². The van der Waals surface area contributed by atoms with E-state index in [9.17, 15) is 4.39 Å². The maximum atomic E-state index is 14.0. The molecule has 0 aliphatic heterocycles. The summed E-state index contributed by atoms with van der Waals surface area (Å²) in [6, 6.07) is 6.46. The fraction of sp³-hybridized carbons (Fsp3) is 0.389. The van der Waals surface area contributed by atoms with Gasteiger partial charge in [0.2, 0.25) is 4.77 Å². The molecule has 0 aliphatic rings. The number of hydrogen-bond acceptors (Lipinski definition) is 3. The molecule has 1 aromatic carbocycles. The van der Waals surface area contributed by atoms with Crippen LogP contribution in [0, 0.1) is 16.5 Å². The van der Waals surface area contributed by atoms with Gasteiger partial charge >= 0.3 is 0 Å². The largest absolute Gasteiger partial charge is 0.250 e. The molecule has 2 aromatic rings. The third kappa shape index (κ3) is 4.96. The normalized spacial score (nSPS) is 12.5. The highest BCUT2D eigenvalue weighted by Gasteiger charge is 2.12. The molecular weight excluding hydrogens is 323 g/mol. The van der Waals surface area contributed by atoms with Crippen molar-refractivity contribution in [2.45, 2.75) is 40.0 Å². The summed E-state index contributed by atoms with van der Waals surface area (Å²) in [5, 5.41) is 11.2.